The Hall–Kier alpha value is -2.50. The van der Waals surface area contributed by atoms with Crippen LogP contribution in [0.25, 0.3) is 0 Å². The van der Waals surface area contributed by atoms with E-state index in [1.54, 1.807) is 24.5 Å². The van der Waals surface area contributed by atoms with E-state index in [4.69, 9.17) is 9.15 Å². The minimum atomic E-state index is -0.403. The third-order valence-corrected chi connectivity index (χ3v) is 4.36. The molecule has 5 nitrogen and oxygen atoms in total. The first kappa shape index (κ1) is 17.3. The minimum Gasteiger partial charge on any atom is -0.489 e. The maximum absolute atomic E-state index is 13.5. The first-order valence-electron chi connectivity index (χ1n) is 8.71. The number of para-hydroxylation sites is 1. The largest absolute Gasteiger partial charge is 0.489 e. The van der Waals surface area contributed by atoms with Crippen LogP contribution in [-0.4, -0.2) is 30.6 Å². The summed E-state index contributed by atoms with van der Waals surface area (Å²) in [4.78, 5) is 14.4. The number of carbonyl (C=O) groups excluding carboxylic acids is 1. The SMILES string of the molecule is O=C(NCCOc1ccccc1F)N1CCCCC[C@@H]1c1ccco1. The zero-order chi connectivity index (χ0) is 17.5. The molecule has 1 fully saturated rings. The number of nitrogens with one attached hydrogen (secondary N) is 1. The predicted molar refractivity (Wildman–Crippen MR) is 91.9 cm³/mol. The standard InChI is InChI=1S/C19H23FN2O3/c20-15-7-3-4-9-17(15)25-14-11-21-19(23)22-12-5-1-2-8-16(22)18-10-6-13-24-18/h3-4,6-7,9-10,13,16H,1-2,5,8,11-12,14H2,(H,21,23)/t16-/m1/s1. The fourth-order valence-electron chi connectivity index (χ4n) is 3.11. The molecule has 1 N–H and O–H groups in total. The Morgan fingerprint density at radius 2 is 2.12 bits per heavy atom. The van der Waals surface area contributed by atoms with Gasteiger partial charge in [-0.1, -0.05) is 25.0 Å². The zero-order valence-electron chi connectivity index (χ0n) is 14.1. The third-order valence-electron chi connectivity index (χ3n) is 4.36. The molecule has 1 aliphatic rings. The van der Waals surface area contributed by atoms with Crippen molar-refractivity contribution in [3.05, 3.63) is 54.2 Å². The van der Waals surface area contributed by atoms with E-state index >= 15 is 0 Å². The van der Waals surface area contributed by atoms with Crippen LogP contribution in [0.15, 0.2) is 47.1 Å². The number of likely N-dealkylation sites (tertiary alicyclic amines) is 1. The Balaban J connectivity index is 1.53. The second-order valence-corrected chi connectivity index (χ2v) is 6.08. The van der Waals surface area contributed by atoms with Gasteiger partial charge in [0.05, 0.1) is 18.8 Å². The molecule has 1 saturated heterocycles. The summed E-state index contributed by atoms with van der Waals surface area (Å²) >= 11 is 0. The Bertz CT molecular complexity index is 675. The second-order valence-electron chi connectivity index (χ2n) is 6.08. The number of amides is 2. The van der Waals surface area contributed by atoms with Crippen LogP contribution in [0.2, 0.25) is 0 Å². The molecule has 0 radical (unpaired) electrons. The number of urea groups is 1. The summed E-state index contributed by atoms with van der Waals surface area (Å²) in [6.07, 6.45) is 5.70. The van der Waals surface area contributed by atoms with Crippen LogP contribution in [0.3, 0.4) is 0 Å². The number of hydrogen-bond donors (Lipinski definition) is 1. The average molecular weight is 346 g/mol. The van der Waals surface area contributed by atoms with Gasteiger partial charge in [-0.15, -0.1) is 0 Å². The molecule has 25 heavy (non-hydrogen) atoms. The van der Waals surface area contributed by atoms with Crippen LogP contribution < -0.4 is 10.1 Å². The summed E-state index contributed by atoms with van der Waals surface area (Å²) < 4.78 is 24.4. The smallest absolute Gasteiger partial charge is 0.318 e. The summed E-state index contributed by atoms with van der Waals surface area (Å²) in [5.41, 5.74) is 0. The summed E-state index contributed by atoms with van der Waals surface area (Å²) in [6, 6.07) is 9.82. The molecule has 0 saturated carbocycles. The van der Waals surface area contributed by atoms with E-state index in [9.17, 15) is 9.18 Å². The highest BCUT2D eigenvalue weighted by Crippen LogP contribution is 2.30. The van der Waals surface area contributed by atoms with Gasteiger partial charge in [-0.2, -0.15) is 0 Å². The number of halogens is 1. The van der Waals surface area contributed by atoms with E-state index in [-0.39, 0.29) is 24.4 Å². The highest BCUT2D eigenvalue weighted by atomic mass is 19.1. The van der Waals surface area contributed by atoms with Crippen molar-refractivity contribution in [1.29, 1.82) is 0 Å². The molecule has 0 unspecified atom stereocenters. The van der Waals surface area contributed by atoms with Gasteiger partial charge in [-0.25, -0.2) is 9.18 Å². The lowest BCUT2D eigenvalue weighted by atomic mass is 10.1. The van der Waals surface area contributed by atoms with Crippen molar-refractivity contribution in [1.82, 2.24) is 10.2 Å². The molecule has 2 amide bonds. The number of rotatable bonds is 5. The van der Waals surface area contributed by atoms with Crippen molar-refractivity contribution >= 4 is 6.03 Å². The Morgan fingerprint density at radius 3 is 2.92 bits per heavy atom. The number of furan rings is 1. The van der Waals surface area contributed by atoms with E-state index in [0.717, 1.165) is 31.4 Å². The molecule has 2 aromatic rings. The van der Waals surface area contributed by atoms with Gasteiger partial charge < -0.3 is 19.4 Å². The van der Waals surface area contributed by atoms with E-state index in [1.807, 2.05) is 17.0 Å². The maximum Gasteiger partial charge on any atom is 0.318 e. The van der Waals surface area contributed by atoms with Crippen molar-refractivity contribution in [3.63, 3.8) is 0 Å². The maximum atomic E-state index is 13.5. The second kappa shape index (κ2) is 8.55. The van der Waals surface area contributed by atoms with Crippen molar-refractivity contribution < 1.29 is 18.3 Å². The van der Waals surface area contributed by atoms with Crippen LogP contribution >= 0.6 is 0 Å². The van der Waals surface area contributed by atoms with Gasteiger partial charge in [0.2, 0.25) is 0 Å². The molecular formula is C19H23FN2O3. The van der Waals surface area contributed by atoms with Gasteiger partial charge in [0.25, 0.3) is 0 Å². The Morgan fingerprint density at radius 1 is 1.24 bits per heavy atom. The Kier molecular flexibility index (Phi) is 5.93. The average Bonchev–Trinajstić information content (AvgIpc) is 3.04. The lowest BCUT2D eigenvalue weighted by molar-refractivity contribution is 0.164. The number of carbonyl (C=O) groups is 1. The molecule has 134 valence electrons. The highest BCUT2D eigenvalue weighted by Gasteiger charge is 2.28. The monoisotopic (exact) mass is 346 g/mol. The van der Waals surface area contributed by atoms with Crippen molar-refractivity contribution in [3.8, 4) is 5.75 Å². The van der Waals surface area contributed by atoms with Gasteiger partial charge in [0.15, 0.2) is 11.6 Å². The topological polar surface area (TPSA) is 54.7 Å². The van der Waals surface area contributed by atoms with E-state index < -0.39 is 5.82 Å². The molecule has 1 atom stereocenters. The van der Waals surface area contributed by atoms with Crippen LogP contribution in [0.5, 0.6) is 5.75 Å². The summed E-state index contributed by atoms with van der Waals surface area (Å²) in [5.74, 6) is 0.610. The lowest BCUT2D eigenvalue weighted by Crippen LogP contribution is -2.43. The van der Waals surface area contributed by atoms with E-state index in [0.29, 0.717) is 13.1 Å². The molecule has 1 aromatic carbocycles. The van der Waals surface area contributed by atoms with Crippen LogP contribution in [-0.2, 0) is 0 Å². The normalized spacial score (nSPS) is 17.8. The van der Waals surface area contributed by atoms with Crippen molar-refractivity contribution in [2.24, 2.45) is 0 Å². The summed E-state index contributed by atoms with van der Waals surface area (Å²) in [6.45, 7) is 1.23. The first-order chi connectivity index (χ1) is 12.3. The fraction of sp³-hybridized carbons (Fsp3) is 0.421. The van der Waals surface area contributed by atoms with Crippen LogP contribution in [0, 0.1) is 5.82 Å². The van der Waals surface area contributed by atoms with E-state index in [2.05, 4.69) is 5.32 Å². The van der Waals surface area contributed by atoms with Gasteiger partial charge >= 0.3 is 6.03 Å². The molecule has 1 aromatic heterocycles. The summed E-state index contributed by atoms with van der Waals surface area (Å²) in [7, 11) is 0. The van der Waals surface area contributed by atoms with Crippen molar-refractivity contribution in [2.75, 3.05) is 19.7 Å². The molecule has 0 spiro atoms. The van der Waals surface area contributed by atoms with Gasteiger partial charge in [-0.3, -0.25) is 0 Å². The molecular weight excluding hydrogens is 323 g/mol. The zero-order valence-corrected chi connectivity index (χ0v) is 14.1. The molecule has 6 heteroatoms. The number of ether oxygens (including phenoxy) is 1. The highest BCUT2D eigenvalue weighted by molar-refractivity contribution is 5.74. The number of hydrogen-bond acceptors (Lipinski definition) is 3. The third kappa shape index (κ3) is 4.53. The Labute approximate surface area is 146 Å². The number of nitrogens with zero attached hydrogens (tertiary/aromatic N) is 1. The fourth-order valence-corrected chi connectivity index (χ4v) is 3.11. The molecule has 1 aliphatic heterocycles. The van der Waals surface area contributed by atoms with Gasteiger partial charge in [-0.05, 0) is 37.1 Å². The van der Waals surface area contributed by atoms with Crippen molar-refractivity contribution in [2.45, 2.75) is 31.7 Å². The lowest BCUT2D eigenvalue weighted by Gasteiger charge is -2.28. The summed E-state index contributed by atoms with van der Waals surface area (Å²) in [5, 5.41) is 2.86. The van der Waals surface area contributed by atoms with Crippen LogP contribution in [0.4, 0.5) is 9.18 Å². The minimum absolute atomic E-state index is 0.0370. The van der Waals surface area contributed by atoms with Gasteiger partial charge in [0.1, 0.15) is 12.4 Å². The van der Waals surface area contributed by atoms with Crippen LogP contribution in [0.1, 0.15) is 37.5 Å². The van der Waals surface area contributed by atoms with Gasteiger partial charge in [0, 0.05) is 6.54 Å². The molecule has 3 rings (SSSR count). The molecule has 0 bridgehead atoms. The first-order valence-corrected chi connectivity index (χ1v) is 8.71. The molecule has 2 heterocycles. The predicted octanol–water partition coefficient (Wildman–Crippen LogP) is 4.12. The molecule has 0 aliphatic carbocycles. The quantitative estimate of drug-likeness (QED) is 0.829. The van der Waals surface area contributed by atoms with E-state index in [1.165, 1.54) is 6.07 Å². The number of benzene rings is 1.